The molecule has 0 radical (unpaired) electrons. The number of aryl methyl sites for hydroxylation is 2. The molecule has 0 aliphatic carbocycles. The second-order valence-corrected chi connectivity index (χ2v) is 3.72. The first-order valence-corrected chi connectivity index (χ1v) is 4.51. The first-order chi connectivity index (χ1) is 6.02. The van der Waals surface area contributed by atoms with Crippen LogP contribution in [0.4, 0.5) is 0 Å². The number of aliphatic hydroxyl groups excluding tert-OH is 1. The van der Waals surface area contributed by atoms with Crippen LogP contribution < -0.4 is 0 Å². The van der Waals surface area contributed by atoms with Gasteiger partial charge in [-0.05, 0) is 25.8 Å². The fraction of sp³-hybridized carbons (Fsp3) is 0.600. The van der Waals surface area contributed by atoms with E-state index in [1.807, 2.05) is 33.8 Å². The Balaban J connectivity index is 3.05. The molecule has 1 N–H and O–H groups in total. The molecule has 0 saturated heterocycles. The van der Waals surface area contributed by atoms with E-state index in [1.165, 1.54) is 0 Å². The summed E-state index contributed by atoms with van der Waals surface area (Å²) < 4.78 is 0. The van der Waals surface area contributed by atoms with Crippen molar-refractivity contribution in [1.82, 2.24) is 10.2 Å². The smallest absolute Gasteiger partial charge is 0.0831 e. The Kier molecular flexibility index (Phi) is 2.98. The second kappa shape index (κ2) is 3.83. The van der Waals surface area contributed by atoms with Crippen molar-refractivity contribution in [2.24, 2.45) is 5.92 Å². The molecule has 13 heavy (non-hydrogen) atoms. The molecule has 0 saturated carbocycles. The van der Waals surface area contributed by atoms with Crippen LogP contribution in [0.1, 0.15) is 36.9 Å². The zero-order chi connectivity index (χ0) is 10.0. The standard InChI is InChI=1S/C10H16N2O/c1-6(2)10(13)9-5-7(3)11-12-8(9)4/h5-6,10,13H,1-4H3. The second-order valence-electron chi connectivity index (χ2n) is 3.72. The van der Waals surface area contributed by atoms with Gasteiger partial charge in [0.15, 0.2) is 0 Å². The molecule has 0 fully saturated rings. The van der Waals surface area contributed by atoms with E-state index >= 15 is 0 Å². The first kappa shape index (κ1) is 10.1. The molecule has 1 aromatic heterocycles. The first-order valence-electron chi connectivity index (χ1n) is 4.51. The van der Waals surface area contributed by atoms with Crippen molar-refractivity contribution < 1.29 is 5.11 Å². The van der Waals surface area contributed by atoms with Gasteiger partial charge in [0.1, 0.15) is 0 Å². The molecule has 0 amide bonds. The third kappa shape index (κ3) is 2.25. The highest BCUT2D eigenvalue weighted by molar-refractivity contribution is 5.22. The van der Waals surface area contributed by atoms with E-state index in [2.05, 4.69) is 10.2 Å². The number of aliphatic hydroxyl groups is 1. The van der Waals surface area contributed by atoms with E-state index in [-0.39, 0.29) is 5.92 Å². The van der Waals surface area contributed by atoms with E-state index < -0.39 is 6.10 Å². The summed E-state index contributed by atoms with van der Waals surface area (Å²) in [7, 11) is 0. The van der Waals surface area contributed by atoms with Crippen LogP contribution in [-0.2, 0) is 0 Å². The molecule has 0 aliphatic heterocycles. The molecule has 3 nitrogen and oxygen atoms in total. The number of nitrogens with zero attached hydrogens (tertiary/aromatic N) is 2. The summed E-state index contributed by atoms with van der Waals surface area (Å²) in [4.78, 5) is 0. The number of aromatic nitrogens is 2. The van der Waals surface area contributed by atoms with E-state index in [9.17, 15) is 5.11 Å². The molecular formula is C10H16N2O. The lowest BCUT2D eigenvalue weighted by molar-refractivity contribution is 0.125. The maximum absolute atomic E-state index is 9.84. The topological polar surface area (TPSA) is 46.0 Å². The molecule has 0 aromatic carbocycles. The van der Waals surface area contributed by atoms with Gasteiger partial charge in [0, 0.05) is 5.56 Å². The summed E-state index contributed by atoms with van der Waals surface area (Å²) in [5.74, 6) is 0.210. The Morgan fingerprint density at radius 1 is 1.23 bits per heavy atom. The summed E-state index contributed by atoms with van der Waals surface area (Å²) in [6.45, 7) is 7.72. The predicted molar refractivity (Wildman–Crippen MR) is 51.3 cm³/mol. The molecule has 0 aliphatic rings. The molecule has 3 heteroatoms. The number of hydrogen-bond donors (Lipinski definition) is 1. The van der Waals surface area contributed by atoms with Crippen LogP contribution in [0.3, 0.4) is 0 Å². The summed E-state index contributed by atoms with van der Waals surface area (Å²) in [6, 6.07) is 1.90. The van der Waals surface area contributed by atoms with Gasteiger partial charge >= 0.3 is 0 Å². The van der Waals surface area contributed by atoms with E-state index in [0.29, 0.717) is 0 Å². The van der Waals surface area contributed by atoms with Gasteiger partial charge in [-0.15, -0.1) is 0 Å². The zero-order valence-electron chi connectivity index (χ0n) is 8.57. The highest BCUT2D eigenvalue weighted by Gasteiger charge is 2.15. The molecule has 1 aromatic rings. The van der Waals surface area contributed by atoms with Gasteiger partial charge in [-0.3, -0.25) is 0 Å². The summed E-state index contributed by atoms with van der Waals surface area (Å²) in [5.41, 5.74) is 2.55. The lowest BCUT2D eigenvalue weighted by atomic mass is 9.98. The van der Waals surface area contributed by atoms with Crippen molar-refractivity contribution >= 4 is 0 Å². The van der Waals surface area contributed by atoms with Gasteiger partial charge in [-0.25, -0.2) is 0 Å². The SMILES string of the molecule is Cc1cc(C(O)C(C)C)c(C)nn1. The minimum absolute atomic E-state index is 0.210. The van der Waals surface area contributed by atoms with Crippen LogP contribution in [0, 0.1) is 19.8 Å². The highest BCUT2D eigenvalue weighted by Crippen LogP contribution is 2.23. The van der Waals surface area contributed by atoms with Crippen molar-refractivity contribution in [3.63, 3.8) is 0 Å². The minimum Gasteiger partial charge on any atom is -0.388 e. The zero-order valence-corrected chi connectivity index (χ0v) is 8.57. The van der Waals surface area contributed by atoms with Gasteiger partial charge in [0.25, 0.3) is 0 Å². The molecule has 1 unspecified atom stereocenters. The maximum atomic E-state index is 9.84. The Bertz CT molecular complexity index is 297. The largest absolute Gasteiger partial charge is 0.388 e. The average molecular weight is 180 g/mol. The van der Waals surface area contributed by atoms with Crippen molar-refractivity contribution in [2.75, 3.05) is 0 Å². The Morgan fingerprint density at radius 3 is 2.38 bits per heavy atom. The highest BCUT2D eigenvalue weighted by atomic mass is 16.3. The van der Waals surface area contributed by atoms with Gasteiger partial charge in [-0.2, -0.15) is 10.2 Å². The Morgan fingerprint density at radius 2 is 1.85 bits per heavy atom. The van der Waals surface area contributed by atoms with Crippen LogP contribution >= 0.6 is 0 Å². The third-order valence-electron chi connectivity index (χ3n) is 2.09. The van der Waals surface area contributed by atoms with Crippen molar-refractivity contribution in [1.29, 1.82) is 0 Å². The molecule has 0 bridgehead atoms. The molecule has 1 atom stereocenters. The summed E-state index contributed by atoms with van der Waals surface area (Å²) in [5, 5.41) is 17.7. The lowest BCUT2D eigenvalue weighted by Crippen LogP contribution is -2.09. The van der Waals surface area contributed by atoms with Crippen LogP contribution in [0.2, 0.25) is 0 Å². The fourth-order valence-electron chi connectivity index (χ4n) is 1.23. The molecule has 72 valence electrons. The third-order valence-corrected chi connectivity index (χ3v) is 2.09. The van der Waals surface area contributed by atoms with Gasteiger partial charge < -0.3 is 5.11 Å². The van der Waals surface area contributed by atoms with Gasteiger partial charge in [-0.1, -0.05) is 13.8 Å². The van der Waals surface area contributed by atoms with Crippen molar-refractivity contribution in [3.8, 4) is 0 Å². The van der Waals surface area contributed by atoms with E-state index in [4.69, 9.17) is 0 Å². The number of rotatable bonds is 2. The van der Waals surface area contributed by atoms with Crippen LogP contribution in [0.25, 0.3) is 0 Å². The molecule has 0 spiro atoms. The van der Waals surface area contributed by atoms with Gasteiger partial charge in [0.2, 0.25) is 0 Å². The predicted octanol–water partition coefficient (Wildman–Crippen LogP) is 1.78. The monoisotopic (exact) mass is 180 g/mol. The molecule has 1 rings (SSSR count). The van der Waals surface area contributed by atoms with E-state index in [1.54, 1.807) is 0 Å². The van der Waals surface area contributed by atoms with Crippen LogP contribution in [-0.4, -0.2) is 15.3 Å². The lowest BCUT2D eigenvalue weighted by Gasteiger charge is -2.16. The Labute approximate surface area is 78.8 Å². The Hall–Kier alpha value is -0.960. The summed E-state index contributed by atoms with van der Waals surface area (Å²) >= 11 is 0. The van der Waals surface area contributed by atoms with Crippen molar-refractivity contribution in [2.45, 2.75) is 33.8 Å². The van der Waals surface area contributed by atoms with Crippen LogP contribution in [0.5, 0.6) is 0 Å². The van der Waals surface area contributed by atoms with Crippen molar-refractivity contribution in [3.05, 3.63) is 23.0 Å². The minimum atomic E-state index is -0.436. The quantitative estimate of drug-likeness (QED) is 0.754. The van der Waals surface area contributed by atoms with Crippen LogP contribution in [0.15, 0.2) is 6.07 Å². The van der Waals surface area contributed by atoms with E-state index in [0.717, 1.165) is 17.0 Å². The average Bonchev–Trinajstić information content (AvgIpc) is 2.08. The number of hydrogen-bond acceptors (Lipinski definition) is 3. The normalized spacial score (nSPS) is 13.4. The summed E-state index contributed by atoms with van der Waals surface area (Å²) in [6.07, 6.45) is -0.436. The molecule has 1 heterocycles. The molecular weight excluding hydrogens is 164 g/mol. The fourth-order valence-corrected chi connectivity index (χ4v) is 1.23. The maximum Gasteiger partial charge on any atom is 0.0831 e. The van der Waals surface area contributed by atoms with Gasteiger partial charge in [0.05, 0.1) is 17.5 Å².